The number of aliphatic hydroxyl groups is 4. The first-order valence-corrected chi connectivity index (χ1v) is 8.98. The van der Waals surface area contributed by atoms with Crippen LogP contribution in [0.25, 0.3) is 0 Å². The van der Waals surface area contributed by atoms with Crippen LogP contribution in [0.1, 0.15) is 37.4 Å². The Morgan fingerprint density at radius 2 is 1.91 bits per heavy atom. The summed E-state index contributed by atoms with van der Waals surface area (Å²) in [5, 5.41) is 47.0. The molecular formula is C14H23N3O5S. The molecule has 1 aliphatic heterocycles. The molecule has 2 fully saturated rings. The number of nitrogens with zero attached hydrogens (tertiary/aromatic N) is 3. The molecule has 1 aliphatic carbocycles. The smallest absolute Gasteiger partial charge is 0.132 e. The second-order valence-electron chi connectivity index (χ2n) is 6.14. The van der Waals surface area contributed by atoms with Gasteiger partial charge in [0.1, 0.15) is 29.9 Å². The summed E-state index contributed by atoms with van der Waals surface area (Å²) in [5.74, 6) is 0.468. The van der Waals surface area contributed by atoms with Crippen molar-refractivity contribution in [2.45, 2.75) is 67.3 Å². The van der Waals surface area contributed by atoms with Gasteiger partial charge in [0.05, 0.1) is 18.3 Å². The lowest BCUT2D eigenvalue weighted by molar-refractivity contribution is -0.205. The topological polar surface area (TPSA) is 121 Å². The molecule has 4 N–H and O–H groups in total. The monoisotopic (exact) mass is 345 g/mol. The lowest BCUT2D eigenvalue weighted by Gasteiger charge is -2.39. The van der Waals surface area contributed by atoms with Gasteiger partial charge in [-0.15, -0.1) is 16.9 Å². The fourth-order valence-electron chi connectivity index (χ4n) is 3.10. The standard InChI is InChI=1S/C14H23N3O5S/c18-6-10-11(19)12(20)13(21)14(22-10)23-7-8-5-17(16-15-8)9-3-1-2-4-9/h5,9-14,18-21H,1-4,6-7H2/t10-,11+,12+,13-,14+/m1/s1. The molecule has 1 aromatic heterocycles. The third-order valence-corrected chi connectivity index (χ3v) is 5.68. The molecule has 0 spiro atoms. The predicted octanol–water partition coefficient (Wildman–Crippen LogP) is -0.574. The fourth-order valence-corrected chi connectivity index (χ4v) is 4.15. The van der Waals surface area contributed by atoms with Gasteiger partial charge in [0.2, 0.25) is 0 Å². The van der Waals surface area contributed by atoms with Crippen molar-refractivity contribution in [3.05, 3.63) is 11.9 Å². The third kappa shape index (κ3) is 3.70. The van der Waals surface area contributed by atoms with E-state index in [4.69, 9.17) is 4.74 Å². The van der Waals surface area contributed by atoms with Gasteiger partial charge in [0, 0.05) is 11.9 Å². The molecular weight excluding hydrogens is 322 g/mol. The van der Waals surface area contributed by atoms with E-state index in [9.17, 15) is 20.4 Å². The van der Waals surface area contributed by atoms with Crippen LogP contribution in [0, 0.1) is 0 Å². The summed E-state index contributed by atoms with van der Waals surface area (Å²) < 4.78 is 7.36. The van der Waals surface area contributed by atoms with Crippen molar-refractivity contribution in [1.82, 2.24) is 15.0 Å². The SMILES string of the molecule is OC[C@H]1O[C@@H](SCc2cn(C3CCCC3)nn2)[C@H](O)[C@@H](O)[C@H]1O. The summed E-state index contributed by atoms with van der Waals surface area (Å²) in [7, 11) is 0. The Kier molecular flexibility index (Phi) is 5.55. The second kappa shape index (κ2) is 7.45. The van der Waals surface area contributed by atoms with Crippen molar-refractivity contribution < 1.29 is 25.2 Å². The molecule has 0 radical (unpaired) electrons. The summed E-state index contributed by atoms with van der Waals surface area (Å²) in [6.45, 7) is -0.417. The summed E-state index contributed by atoms with van der Waals surface area (Å²) in [4.78, 5) is 0. The molecule has 5 atom stereocenters. The Morgan fingerprint density at radius 3 is 2.61 bits per heavy atom. The maximum atomic E-state index is 10.00. The quantitative estimate of drug-likeness (QED) is 0.560. The van der Waals surface area contributed by atoms with Crippen LogP contribution in [0.15, 0.2) is 6.20 Å². The first kappa shape index (κ1) is 17.1. The lowest BCUT2D eigenvalue weighted by Crippen LogP contribution is -2.57. The first-order valence-electron chi connectivity index (χ1n) is 7.93. The molecule has 9 heteroatoms. The van der Waals surface area contributed by atoms with Crippen molar-refractivity contribution >= 4 is 11.8 Å². The van der Waals surface area contributed by atoms with Gasteiger partial charge in [0.25, 0.3) is 0 Å². The van der Waals surface area contributed by atoms with Gasteiger partial charge in [-0.25, -0.2) is 4.68 Å². The highest BCUT2D eigenvalue weighted by atomic mass is 32.2. The zero-order valence-electron chi connectivity index (χ0n) is 12.7. The van der Waals surface area contributed by atoms with Gasteiger partial charge < -0.3 is 25.2 Å². The van der Waals surface area contributed by atoms with Crippen LogP contribution in [0.3, 0.4) is 0 Å². The molecule has 23 heavy (non-hydrogen) atoms. The molecule has 1 aromatic rings. The first-order chi connectivity index (χ1) is 11.1. The minimum Gasteiger partial charge on any atom is -0.394 e. The highest BCUT2D eigenvalue weighted by Crippen LogP contribution is 2.31. The molecule has 0 bridgehead atoms. The molecule has 1 saturated carbocycles. The average molecular weight is 345 g/mol. The van der Waals surface area contributed by atoms with Gasteiger partial charge in [0.15, 0.2) is 0 Å². The molecule has 8 nitrogen and oxygen atoms in total. The van der Waals surface area contributed by atoms with Crippen LogP contribution in [-0.4, -0.2) is 71.9 Å². The summed E-state index contributed by atoms with van der Waals surface area (Å²) >= 11 is 1.27. The molecule has 1 saturated heterocycles. The molecule has 0 unspecified atom stereocenters. The van der Waals surface area contributed by atoms with Crippen LogP contribution >= 0.6 is 11.8 Å². The third-order valence-electron chi connectivity index (χ3n) is 4.50. The van der Waals surface area contributed by atoms with E-state index in [0.717, 1.165) is 18.5 Å². The maximum Gasteiger partial charge on any atom is 0.132 e. The molecule has 2 heterocycles. The van der Waals surface area contributed by atoms with E-state index in [-0.39, 0.29) is 0 Å². The van der Waals surface area contributed by atoms with Gasteiger partial charge in [-0.2, -0.15) is 0 Å². The Morgan fingerprint density at radius 1 is 1.17 bits per heavy atom. The normalized spacial score (nSPS) is 35.7. The largest absolute Gasteiger partial charge is 0.394 e. The molecule has 0 aromatic carbocycles. The Balaban J connectivity index is 1.57. The van der Waals surface area contributed by atoms with Crippen LogP contribution in [0.2, 0.25) is 0 Å². The maximum absolute atomic E-state index is 10.00. The number of hydrogen-bond donors (Lipinski definition) is 4. The lowest BCUT2D eigenvalue weighted by atomic mass is 10.0. The van der Waals surface area contributed by atoms with Crippen molar-refractivity contribution in [1.29, 1.82) is 0 Å². The van der Waals surface area contributed by atoms with Crippen molar-refractivity contribution in [2.75, 3.05) is 6.61 Å². The van der Waals surface area contributed by atoms with E-state index in [2.05, 4.69) is 10.3 Å². The predicted molar refractivity (Wildman–Crippen MR) is 82.6 cm³/mol. The number of thioether (sulfide) groups is 1. The van der Waals surface area contributed by atoms with Gasteiger partial charge in [-0.1, -0.05) is 18.1 Å². The summed E-state index contributed by atoms with van der Waals surface area (Å²) in [6.07, 6.45) is 1.85. The number of rotatable bonds is 5. The molecule has 2 aliphatic rings. The highest BCUT2D eigenvalue weighted by molar-refractivity contribution is 7.99. The Bertz CT molecular complexity index is 508. The minimum absolute atomic E-state index is 0.417. The number of hydrogen-bond acceptors (Lipinski definition) is 8. The van der Waals surface area contributed by atoms with E-state index in [1.807, 2.05) is 10.9 Å². The fraction of sp³-hybridized carbons (Fsp3) is 0.857. The van der Waals surface area contributed by atoms with Crippen LogP contribution < -0.4 is 0 Å². The summed E-state index contributed by atoms with van der Waals surface area (Å²) in [5.41, 5.74) is 0.0426. The average Bonchev–Trinajstić information content (AvgIpc) is 3.23. The van der Waals surface area contributed by atoms with Gasteiger partial charge >= 0.3 is 0 Å². The van der Waals surface area contributed by atoms with Crippen LogP contribution in [0.5, 0.6) is 0 Å². The second-order valence-corrected chi connectivity index (χ2v) is 7.22. The van der Waals surface area contributed by atoms with Crippen molar-refractivity contribution in [3.63, 3.8) is 0 Å². The van der Waals surface area contributed by atoms with Gasteiger partial charge in [-0.3, -0.25) is 0 Å². The number of ether oxygens (including phenoxy) is 1. The molecule has 0 amide bonds. The minimum atomic E-state index is -1.34. The van der Waals surface area contributed by atoms with E-state index in [1.54, 1.807) is 0 Å². The van der Waals surface area contributed by atoms with Crippen molar-refractivity contribution in [2.24, 2.45) is 0 Å². The molecule has 130 valence electrons. The van der Waals surface area contributed by atoms with Crippen LogP contribution in [0.4, 0.5) is 0 Å². The van der Waals surface area contributed by atoms with Crippen molar-refractivity contribution in [3.8, 4) is 0 Å². The van der Waals surface area contributed by atoms with Gasteiger partial charge in [-0.05, 0) is 12.8 Å². The van der Waals surface area contributed by atoms with E-state index >= 15 is 0 Å². The zero-order valence-corrected chi connectivity index (χ0v) is 13.5. The summed E-state index contributed by atoms with van der Waals surface area (Å²) in [6, 6.07) is 0.425. The van der Waals surface area contributed by atoms with E-state index in [0.29, 0.717) is 11.8 Å². The van der Waals surface area contributed by atoms with E-state index in [1.165, 1.54) is 24.6 Å². The zero-order chi connectivity index (χ0) is 16.4. The van der Waals surface area contributed by atoms with E-state index < -0.39 is 36.5 Å². The molecule has 3 rings (SSSR count). The highest BCUT2D eigenvalue weighted by Gasteiger charge is 2.43. The Labute approximate surface area is 138 Å². The number of aromatic nitrogens is 3. The van der Waals surface area contributed by atoms with Crippen LogP contribution in [-0.2, 0) is 10.5 Å². The number of aliphatic hydroxyl groups excluding tert-OH is 4. The Hall–Kier alpha value is -0.710.